The van der Waals surface area contributed by atoms with Crippen molar-refractivity contribution in [2.45, 2.75) is 4.90 Å². The van der Waals surface area contributed by atoms with E-state index in [1.807, 2.05) is 0 Å². The Morgan fingerprint density at radius 1 is 1.00 bits per heavy atom. The summed E-state index contributed by atoms with van der Waals surface area (Å²) >= 11 is 12.2. The van der Waals surface area contributed by atoms with Gasteiger partial charge < -0.3 is 8.92 Å². The first-order valence-corrected chi connectivity index (χ1v) is 11.2. The van der Waals surface area contributed by atoms with Crippen molar-refractivity contribution in [3.63, 3.8) is 0 Å². The number of carbonyl (C=O) groups excluding carboxylic acids is 1. The van der Waals surface area contributed by atoms with E-state index in [1.54, 1.807) is 12.1 Å². The van der Waals surface area contributed by atoms with Crippen molar-refractivity contribution < 1.29 is 26.5 Å². The molecule has 0 saturated carbocycles. The van der Waals surface area contributed by atoms with Gasteiger partial charge in [0.05, 0.1) is 10.6 Å². The summed E-state index contributed by atoms with van der Waals surface area (Å²) in [4.78, 5) is 16.2. The third kappa shape index (κ3) is 4.52. The van der Waals surface area contributed by atoms with Crippen molar-refractivity contribution in [3.05, 3.63) is 99.4 Å². The number of nitrogens with zero attached hydrogens (tertiary/aromatic N) is 1. The lowest BCUT2D eigenvalue weighted by atomic mass is 10.1. The first-order valence-electron chi connectivity index (χ1n) is 9.00. The van der Waals surface area contributed by atoms with E-state index < -0.39 is 21.9 Å². The molecule has 1 aliphatic heterocycles. The summed E-state index contributed by atoms with van der Waals surface area (Å²) in [6.07, 6.45) is 1.20. The van der Waals surface area contributed by atoms with Crippen molar-refractivity contribution >= 4 is 51.3 Å². The summed E-state index contributed by atoms with van der Waals surface area (Å²) in [6, 6.07) is 15.7. The highest BCUT2D eigenvalue weighted by atomic mass is 35.5. The average Bonchev–Trinajstić information content (AvgIpc) is 3.11. The van der Waals surface area contributed by atoms with Crippen molar-refractivity contribution in [1.29, 1.82) is 0 Å². The lowest BCUT2D eigenvalue weighted by Gasteiger charge is -2.12. The normalized spacial score (nSPS) is 14.9. The average molecular weight is 492 g/mol. The molecular formula is C22H12Cl2FNO5S. The number of carbonyl (C=O) groups is 1. The monoisotopic (exact) mass is 491 g/mol. The molecule has 0 unspecified atom stereocenters. The Labute approximate surface area is 192 Å². The molecule has 4 rings (SSSR count). The Morgan fingerprint density at radius 3 is 2.41 bits per heavy atom. The minimum atomic E-state index is -4.24. The summed E-state index contributed by atoms with van der Waals surface area (Å²) in [5.41, 5.74) is -0.160. The van der Waals surface area contributed by atoms with Gasteiger partial charge in [-0.1, -0.05) is 53.5 Å². The molecule has 10 heteroatoms. The fourth-order valence-electron chi connectivity index (χ4n) is 2.83. The topological polar surface area (TPSA) is 82.0 Å². The van der Waals surface area contributed by atoms with E-state index in [2.05, 4.69) is 4.99 Å². The summed E-state index contributed by atoms with van der Waals surface area (Å²) in [7, 11) is -4.24. The largest absolute Gasteiger partial charge is 0.402 e. The third-order valence-electron chi connectivity index (χ3n) is 4.28. The molecular weight excluding hydrogens is 480 g/mol. The van der Waals surface area contributed by atoms with Crippen LogP contribution in [0, 0.1) is 5.82 Å². The number of ether oxygens (including phenoxy) is 1. The van der Waals surface area contributed by atoms with E-state index in [9.17, 15) is 17.6 Å². The van der Waals surface area contributed by atoms with Crippen LogP contribution in [0.5, 0.6) is 5.75 Å². The van der Waals surface area contributed by atoms with E-state index in [1.165, 1.54) is 60.7 Å². The van der Waals surface area contributed by atoms with Gasteiger partial charge in [0.25, 0.3) is 0 Å². The number of halogens is 3. The van der Waals surface area contributed by atoms with Crippen LogP contribution in [-0.2, 0) is 19.6 Å². The van der Waals surface area contributed by atoms with Crippen LogP contribution < -0.4 is 4.18 Å². The SMILES string of the molecule is O=C1OC(c2ccccc2F)=N/C1=C\c1cc(Cl)cc(Cl)c1OS(=O)(=O)c1ccccc1. The molecule has 3 aromatic rings. The minimum Gasteiger partial charge on any atom is -0.402 e. The molecule has 0 bridgehead atoms. The fraction of sp³-hybridized carbons (Fsp3) is 0. The minimum absolute atomic E-state index is 0.00324. The van der Waals surface area contributed by atoms with Crippen LogP contribution in [0.1, 0.15) is 11.1 Å². The predicted octanol–water partition coefficient (Wildman–Crippen LogP) is 5.24. The third-order valence-corrected chi connectivity index (χ3v) is 6.01. The summed E-state index contributed by atoms with van der Waals surface area (Å²) in [6.45, 7) is 0. The van der Waals surface area contributed by atoms with Gasteiger partial charge in [0.1, 0.15) is 10.7 Å². The van der Waals surface area contributed by atoms with Gasteiger partial charge in [0.2, 0.25) is 5.90 Å². The quantitative estimate of drug-likeness (QED) is 0.276. The Bertz CT molecular complexity index is 1390. The van der Waals surface area contributed by atoms with Crippen molar-refractivity contribution in [2.24, 2.45) is 4.99 Å². The van der Waals surface area contributed by atoms with E-state index in [0.717, 1.165) is 0 Å². The highest BCUT2D eigenvalue weighted by molar-refractivity contribution is 7.87. The highest BCUT2D eigenvalue weighted by Gasteiger charge is 2.27. The highest BCUT2D eigenvalue weighted by Crippen LogP contribution is 2.36. The molecule has 0 aliphatic carbocycles. The first-order chi connectivity index (χ1) is 15.2. The van der Waals surface area contributed by atoms with Gasteiger partial charge in [-0.2, -0.15) is 8.42 Å². The zero-order chi connectivity index (χ0) is 22.9. The Kier molecular flexibility index (Phi) is 6.01. The van der Waals surface area contributed by atoms with Gasteiger partial charge >= 0.3 is 16.1 Å². The molecule has 32 heavy (non-hydrogen) atoms. The van der Waals surface area contributed by atoms with Gasteiger partial charge in [0.15, 0.2) is 11.4 Å². The van der Waals surface area contributed by atoms with Crippen LogP contribution in [0.3, 0.4) is 0 Å². The van der Waals surface area contributed by atoms with Gasteiger partial charge in [0, 0.05) is 10.6 Å². The number of esters is 1. The molecule has 0 amide bonds. The lowest BCUT2D eigenvalue weighted by molar-refractivity contribution is -0.129. The summed E-state index contributed by atoms with van der Waals surface area (Å²) in [5, 5.41) is 0.0597. The molecule has 0 N–H and O–H groups in total. The van der Waals surface area contributed by atoms with E-state index in [0.29, 0.717) is 0 Å². The second kappa shape index (κ2) is 8.74. The van der Waals surface area contributed by atoms with Crippen LogP contribution >= 0.6 is 23.2 Å². The van der Waals surface area contributed by atoms with Gasteiger partial charge in [-0.3, -0.25) is 0 Å². The standard InChI is InChI=1S/C22H12Cl2FNO5S/c23-14-10-13(11-19-22(27)30-21(26-19)16-8-4-5-9-18(16)25)20(17(24)12-14)31-32(28,29)15-6-2-1-3-7-15/h1-12H/b19-11-. The smallest absolute Gasteiger partial charge is 0.363 e. The van der Waals surface area contributed by atoms with Crippen LogP contribution in [0.2, 0.25) is 10.0 Å². The molecule has 0 atom stereocenters. The van der Waals surface area contributed by atoms with Crippen molar-refractivity contribution in [3.8, 4) is 5.75 Å². The van der Waals surface area contributed by atoms with Gasteiger partial charge in [-0.05, 0) is 42.5 Å². The van der Waals surface area contributed by atoms with E-state index in [-0.39, 0.29) is 43.4 Å². The molecule has 3 aromatic carbocycles. The number of aliphatic imine (C=N–C) groups is 1. The molecule has 6 nitrogen and oxygen atoms in total. The maximum atomic E-state index is 14.0. The lowest BCUT2D eigenvalue weighted by Crippen LogP contribution is -2.11. The Balaban J connectivity index is 1.77. The maximum Gasteiger partial charge on any atom is 0.363 e. The number of cyclic esters (lactones) is 1. The molecule has 0 spiro atoms. The number of hydrogen-bond donors (Lipinski definition) is 0. The van der Waals surface area contributed by atoms with E-state index >= 15 is 0 Å². The molecule has 0 radical (unpaired) electrons. The number of benzene rings is 3. The zero-order valence-electron chi connectivity index (χ0n) is 16.0. The van der Waals surface area contributed by atoms with Gasteiger partial charge in [-0.25, -0.2) is 14.2 Å². The number of rotatable bonds is 5. The van der Waals surface area contributed by atoms with Crippen LogP contribution in [-0.4, -0.2) is 20.3 Å². The molecule has 0 aromatic heterocycles. The first kappa shape index (κ1) is 22.0. The predicted molar refractivity (Wildman–Crippen MR) is 118 cm³/mol. The summed E-state index contributed by atoms with van der Waals surface area (Å²) < 4.78 is 49.7. The van der Waals surface area contributed by atoms with Crippen LogP contribution in [0.4, 0.5) is 4.39 Å². The van der Waals surface area contributed by atoms with Crippen LogP contribution in [0.25, 0.3) is 6.08 Å². The van der Waals surface area contributed by atoms with Crippen LogP contribution in [0.15, 0.2) is 82.3 Å². The Hall–Kier alpha value is -3.20. The maximum absolute atomic E-state index is 14.0. The Morgan fingerprint density at radius 2 is 1.69 bits per heavy atom. The molecule has 0 fully saturated rings. The van der Waals surface area contributed by atoms with E-state index in [4.69, 9.17) is 32.1 Å². The zero-order valence-corrected chi connectivity index (χ0v) is 18.3. The second-order valence-electron chi connectivity index (χ2n) is 6.47. The fourth-order valence-corrected chi connectivity index (χ4v) is 4.41. The van der Waals surface area contributed by atoms with Gasteiger partial charge in [-0.15, -0.1) is 0 Å². The second-order valence-corrected chi connectivity index (χ2v) is 8.86. The molecule has 162 valence electrons. The van der Waals surface area contributed by atoms with Crippen molar-refractivity contribution in [1.82, 2.24) is 0 Å². The van der Waals surface area contributed by atoms with Crippen molar-refractivity contribution in [2.75, 3.05) is 0 Å². The molecule has 1 aliphatic rings. The summed E-state index contributed by atoms with van der Waals surface area (Å²) in [5.74, 6) is -1.97. The molecule has 0 saturated heterocycles. The molecule has 1 heterocycles. The number of hydrogen-bond acceptors (Lipinski definition) is 6.